The lowest BCUT2D eigenvalue weighted by atomic mass is 9.98. The Morgan fingerprint density at radius 1 is 1.10 bits per heavy atom. The van der Waals surface area contributed by atoms with E-state index >= 15 is 0 Å². The second-order valence-corrected chi connectivity index (χ2v) is 6.77. The fourth-order valence-electron chi connectivity index (χ4n) is 3.58. The number of alkyl carbamates (subject to hydrolysis) is 1. The molecule has 2 aromatic carbocycles. The molecule has 1 aromatic heterocycles. The number of carbonyl (C=O) groups excluding carboxylic acids is 1. The first kappa shape index (κ1) is 19.3. The van der Waals surface area contributed by atoms with Crippen LogP contribution < -0.4 is 5.32 Å². The monoisotopic (exact) mass is 401 g/mol. The summed E-state index contributed by atoms with van der Waals surface area (Å²) in [6.07, 6.45) is 1.21. The van der Waals surface area contributed by atoms with Gasteiger partial charge < -0.3 is 15.2 Å². The third-order valence-corrected chi connectivity index (χ3v) is 4.94. The standard InChI is InChI=1S/C23H19N3O4/c27-22(28)21-15(13-25-26-21)7-5-6-12-24-23(29)30-14-20-18-10-3-1-8-16(18)17-9-2-4-11-19(17)20/h1-4,8-11,13,20H,6,12,14H2,(H,24,29)(H,25,26)(H,27,28). The molecule has 30 heavy (non-hydrogen) atoms. The molecule has 0 fully saturated rings. The minimum atomic E-state index is -1.12. The average Bonchev–Trinajstić information content (AvgIpc) is 3.35. The Morgan fingerprint density at radius 2 is 1.77 bits per heavy atom. The summed E-state index contributed by atoms with van der Waals surface area (Å²) in [5.74, 6) is 4.44. The van der Waals surface area contributed by atoms with Crippen molar-refractivity contribution in [3.63, 3.8) is 0 Å². The molecule has 1 aliphatic rings. The minimum absolute atomic E-state index is 0.0125. The summed E-state index contributed by atoms with van der Waals surface area (Å²) >= 11 is 0. The number of aromatic carboxylic acids is 1. The van der Waals surface area contributed by atoms with Gasteiger partial charge in [-0.1, -0.05) is 60.4 Å². The maximum absolute atomic E-state index is 12.1. The zero-order valence-electron chi connectivity index (χ0n) is 16.0. The first-order valence-corrected chi connectivity index (χ1v) is 9.49. The number of aromatic nitrogens is 2. The number of hydrogen-bond acceptors (Lipinski definition) is 4. The third-order valence-electron chi connectivity index (χ3n) is 4.94. The third kappa shape index (κ3) is 3.89. The zero-order valence-corrected chi connectivity index (χ0v) is 16.0. The van der Waals surface area contributed by atoms with Crippen molar-refractivity contribution in [2.75, 3.05) is 13.2 Å². The number of benzene rings is 2. The predicted molar refractivity (Wildman–Crippen MR) is 110 cm³/mol. The van der Waals surface area contributed by atoms with Crippen LogP contribution in [-0.2, 0) is 4.74 Å². The van der Waals surface area contributed by atoms with Crippen LogP contribution >= 0.6 is 0 Å². The molecule has 3 aromatic rings. The minimum Gasteiger partial charge on any atom is -0.476 e. The smallest absolute Gasteiger partial charge is 0.407 e. The maximum atomic E-state index is 12.1. The predicted octanol–water partition coefficient (Wildman–Crippen LogP) is 3.39. The van der Waals surface area contributed by atoms with E-state index in [4.69, 9.17) is 9.84 Å². The second kappa shape index (κ2) is 8.53. The number of carboxylic acids is 1. The van der Waals surface area contributed by atoms with Gasteiger partial charge in [0, 0.05) is 18.9 Å². The van der Waals surface area contributed by atoms with E-state index in [2.05, 4.69) is 51.6 Å². The average molecular weight is 401 g/mol. The van der Waals surface area contributed by atoms with E-state index in [-0.39, 0.29) is 18.2 Å². The van der Waals surface area contributed by atoms with Gasteiger partial charge in [0.25, 0.3) is 0 Å². The van der Waals surface area contributed by atoms with E-state index < -0.39 is 12.1 Å². The molecule has 1 amide bonds. The number of ether oxygens (including phenoxy) is 1. The SMILES string of the molecule is O=C(NCCC#Cc1cn[nH]c1C(=O)O)OCC1c2ccccc2-c2ccccc21. The van der Waals surface area contributed by atoms with Gasteiger partial charge in [-0.2, -0.15) is 5.10 Å². The molecule has 0 unspecified atom stereocenters. The largest absolute Gasteiger partial charge is 0.476 e. The summed E-state index contributed by atoms with van der Waals surface area (Å²) in [7, 11) is 0. The highest BCUT2D eigenvalue weighted by Gasteiger charge is 2.28. The Morgan fingerprint density at radius 3 is 2.43 bits per heavy atom. The molecule has 3 N–H and O–H groups in total. The molecule has 1 aliphatic carbocycles. The van der Waals surface area contributed by atoms with E-state index in [1.54, 1.807) is 0 Å². The molecule has 4 rings (SSSR count). The van der Waals surface area contributed by atoms with Crippen molar-refractivity contribution in [1.29, 1.82) is 0 Å². The number of rotatable bonds is 5. The molecule has 0 aliphatic heterocycles. The van der Waals surface area contributed by atoms with E-state index in [9.17, 15) is 9.59 Å². The molecule has 150 valence electrons. The van der Waals surface area contributed by atoms with Gasteiger partial charge in [-0.05, 0) is 22.3 Å². The van der Waals surface area contributed by atoms with Crippen LogP contribution in [0.5, 0.6) is 0 Å². The van der Waals surface area contributed by atoms with Crippen LogP contribution in [0.25, 0.3) is 11.1 Å². The van der Waals surface area contributed by atoms with Crippen molar-refractivity contribution >= 4 is 12.1 Å². The quantitative estimate of drug-likeness (QED) is 0.449. The number of fused-ring (bicyclic) bond motifs is 3. The molecule has 0 saturated heterocycles. The van der Waals surface area contributed by atoms with Crippen molar-refractivity contribution in [3.05, 3.63) is 77.1 Å². The van der Waals surface area contributed by atoms with E-state index in [1.807, 2.05) is 24.3 Å². The number of carbonyl (C=O) groups is 2. The van der Waals surface area contributed by atoms with E-state index in [1.165, 1.54) is 17.3 Å². The van der Waals surface area contributed by atoms with Gasteiger partial charge in [-0.25, -0.2) is 9.59 Å². The van der Waals surface area contributed by atoms with Crippen LogP contribution in [0.2, 0.25) is 0 Å². The molecule has 0 atom stereocenters. The molecular formula is C23H19N3O4. The van der Waals surface area contributed by atoms with Crippen LogP contribution in [0.15, 0.2) is 54.7 Å². The van der Waals surface area contributed by atoms with Crippen LogP contribution in [0.4, 0.5) is 4.79 Å². The number of H-pyrrole nitrogens is 1. The van der Waals surface area contributed by atoms with Crippen molar-refractivity contribution < 1.29 is 19.4 Å². The number of hydrogen-bond donors (Lipinski definition) is 3. The highest BCUT2D eigenvalue weighted by atomic mass is 16.5. The fraction of sp³-hybridized carbons (Fsp3) is 0.174. The number of carboxylic acid groups (broad SMARTS) is 1. The van der Waals surface area contributed by atoms with Crippen LogP contribution in [0.1, 0.15) is 39.5 Å². The molecule has 7 heteroatoms. The lowest BCUT2D eigenvalue weighted by Gasteiger charge is -2.14. The van der Waals surface area contributed by atoms with Crippen molar-refractivity contribution in [2.45, 2.75) is 12.3 Å². The number of aromatic amines is 1. The van der Waals surface area contributed by atoms with Crippen LogP contribution in [-0.4, -0.2) is 40.5 Å². The van der Waals surface area contributed by atoms with Crippen molar-refractivity contribution in [3.8, 4) is 23.0 Å². The Kier molecular flexibility index (Phi) is 5.48. The highest BCUT2D eigenvalue weighted by Crippen LogP contribution is 2.44. The van der Waals surface area contributed by atoms with Crippen LogP contribution in [0, 0.1) is 11.8 Å². The summed E-state index contributed by atoms with van der Waals surface area (Å²) in [6, 6.07) is 16.3. The summed E-state index contributed by atoms with van der Waals surface area (Å²) in [6.45, 7) is 0.548. The molecule has 1 heterocycles. The van der Waals surface area contributed by atoms with Crippen LogP contribution in [0.3, 0.4) is 0 Å². The molecule has 0 saturated carbocycles. The summed E-state index contributed by atoms with van der Waals surface area (Å²) in [5, 5.41) is 17.7. The van der Waals surface area contributed by atoms with Gasteiger partial charge in [0.2, 0.25) is 0 Å². The molecule has 7 nitrogen and oxygen atoms in total. The number of amides is 1. The first-order valence-electron chi connectivity index (χ1n) is 9.49. The highest BCUT2D eigenvalue weighted by molar-refractivity contribution is 5.88. The number of nitrogens with one attached hydrogen (secondary N) is 2. The first-order chi connectivity index (χ1) is 14.6. The summed E-state index contributed by atoms with van der Waals surface area (Å²) in [5.41, 5.74) is 4.93. The second-order valence-electron chi connectivity index (χ2n) is 6.77. The molecular weight excluding hydrogens is 382 g/mol. The lowest BCUT2D eigenvalue weighted by Crippen LogP contribution is -2.26. The Bertz CT molecular complexity index is 1110. The van der Waals surface area contributed by atoms with Gasteiger partial charge in [0.15, 0.2) is 5.69 Å². The fourth-order valence-corrected chi connectivity index (χ4v) is 3.58. The van der Waals surface area contributed by atoms with Crippen molar-refractivity contribution in [2.24, 2.45) is 0 Å². The maximum Gasteiger partial charge on any atom is 0.407 e. The normalized spacial score (nSPS) is 11.7. The summed E-state index contributed by atoms with van der Waals surface area (Å²) < 4.78 is 5.45. The molecule has 0 bridgehead atoms. The molecule has 0 spiro atoms. The van der Waals surface area contributed by atoms with E-state index in [0.29, 0.717) is 18.5 Å². The number of nitrogens with zero attached hydrogens (tertiary/aromatic N) is 1. The Balaban J connectivity index is 1.29. The van der Waals surface area contributed by atoms with Gasteiger partial charge in [0.1, 0.15) is 6.61 Å². The zero-order chi connectivity index (χ0) is 20.9. The van der Waals surface area contributed by atoms with Crippen molar-refractivity contribution in [1.82, 2.24) is 15.5 Å². The summed E-state index contributed by atoms with van der Waals surface area (Å²) in [4.78, 5) is 23.1. The topological polar surface area (TPSA) is 104 Å². The van der Waals surface area contributed by atoms with E-state index in [0.717, 1.165) is 11.1 Å². The van der Waals surface area contributed by atoms with Gasteiger partial charge >= 0.3 is 12.1 Å². The lowest BCUT2D eigenvalue weighted by molar-refractivity contribution is 0.0690. The van der Waals surface area contributed by atoms with Gasteiger partial charge in [-0.3, -0.25) is 5.10 Å². The molecule has 0 radical (unpaired) electrons. The Labute approximate surface area is 173 Å². The van der Waals surface area contributed by atoms with Gasteiger partial charge in [0.05, 0.1) is 11.8 Å². The van der Waals surface area contributed by atoms with Gasteiger partial charge in [-0.15, -0.1) is 0 Å². The Hall–Kier alpha value is -4.05.